The Balaban J connectivity index is 0.00000484. The van der Waals surface area contributed by atoms with Gasteiger partial charge in [0.25, 0.3) is 0 Å². The molecule has 0 aliphatic heterocycles. The number of aliphatic imine (C=N–C) groups is 1. The summed E-state index contributed by atoms with van der Waals surface area (Å²) in [6.45, 7) is 2.63. The maximum atomic E-state index is 11.7. The first-order chi connectivity index (χ1) is 10.6. The third-order valence-corrected chi connectivity index (χ3v) is 3.97. The number of hydrogen-bond donors (Lipinski definition) is 2. The van der Waals surface area contributed by atoms with Gasteiger partial charge in [-0.15, -0.1) is 24.0 Å². The molecule has 1 saturated carbocycles. The van der Waals surface area contributed by atoms with Crippen LogP contribution in [0.25, 0.3) is 0 Å². The maximum Gasteiger partial charge on any atom is 0.243 e. The SMILES string of the molecule is COCCCNC(=NCC(=O)N(C)C)NCC1CCCCC1.I. The molecule has 136 valence electrons. The minimum Gasteiger partial charge on any atom is -0.385 e. The third-order valence-electron chi connectivity index (χ3n) is 3.97. The Morgan fingerprint density at radius 3 is 2.52 bits per heavy atom. The molecule has 2 N–H and O–H groups in total. The molecule has 7 heteroatoms. The number of nitrogens with one attached hydrogen (secondary N) is 2. The average molecular weight is 440 g/mol. The summed E-state index contributed by atoms with van der Waals surface area (Å²) in [6, 6.07) is 0. The number of hydrogen-bond acceptors (Lipinski definition) is 3. The summed E-state index contributed by atoms with van der Waals surface area (Å²) in [5.74, 6) is 1.47. The lowest BCUT2D eigenvalue weighted by Crippen LogP contribution is -2.41. The fraction of sp³-hybridized carbons (Fsp3) is 0.875. The normalized spacial score (nSPS) is 15.7. The van der Waals surface area contributed by atoms with Crippen LogP contribution in [0, 0.1) is 5.92 Å². The van der Waals surface area contributed by atoms with E-state index < -0.39 is 0 Å². The topological polar surface area (TPSA) is 66.0 Å². The van der Waals surface area contributed by atoms with Crippen LogP contribution in [0.2, 0.25) is 0 Å². The van der Waals surface area contributed by atoms with Crippen LogP contribution in [-0.4, -0.2) is 64.2 Å². The van der Waals surface area contributed by atoms with Crippen molar-refractivity contribution < 1.29 is 9.53 Å². The first-order valence-corrected chi connectivity index (χ1v) is 8.34. The lowest BCUT2D eigenvalue weighted by molar-refractivity contribution is -0.127. The number of carbonyl (C=O) groups excluding carboxylic acids is 1. The zero-order chi connectivity index (χ0) is 16.2. The van der Waals surface area contributed by atoms with Gasteiger partial charge < -0.3 is 20.3 Å². The lowest BCUT2D eigenvalue weighted by atomic mass is 9.89. The first-order valence-electron chi connectivity index (χ1n) is 8.34. The van der Waals surface area contributed by atoms with Crippen LogP contribution in [0.4, 0.5) is 0 Å². The van der Waals surface area contributed by atoms with Gasteiger partial charge in [-0.3, -0.25) is 4.79 Å². The molecule has 0 radical (unpaired) electrons. The van der Waals surface area contributed by atoms with Crippen molar-refractivity contribution in [2.24, 2.45) is 10.9 Å². The summed E-state index contributed by atoms with van der Waals surface area (Å²) in [7, 11) is 5.20. The average Bonchev–Trinajstić information content (AvgIpc) is 2.53. The van der Waals surface area contributed by atoms with Crippen LogP contribution in [0.15, 0.2) is 4.99 Å². The molecule has 0 spiro atoms. The summed E-state index contributed by atoms with van der Waals surface area (Å²) in [4.78, 5) is 17.6. The summed E-state index contributed by atoms with van der Waals surface area (Å²) in [6.07, 6.45) is 7.53. The molecule has 0 saturated heterocycles. The van der Waals surface area contributed by atoms with Gasteiger partial charge in [-0.1, -0.05) is 19.3 Å². The standard InChI is InChI=1S/C16H32N4O2.HI/c1-20(2)15(21)13-19-16(17-10-7-11-22-3)18-12-14-8-5-4-6-9-14;/h14H,4-13H2,1-3H3,(H2,17,18,19);1H. The zero-order valence-corrected chi connectivity index (χ0v) is 17.1. The van der Waals surface area contributed by atoms with Crippen molar-refractivity contribution in [2.45, 2.75) is 38.5 Å². The number of guanidine groups is 1. The highest BCUT2D eigenvalue weighted by atomic mass is 127. The van der Waals surface area contributed by atoms with E-state index in [2.05, 4.69) is 15.6 Å². The number of ether oxygens (including phenoxy) is 1. The van der Waals surface area contributed by atoms with E-state index in [0.29, 0.717) is 0 Å². The molecule has 1 fully saturated rings. The quantitative estimate of drug-likeness (QED) is 0.262. The molecular weight excluding hydrogens is 407 g/mol. The second kappa shape index (κ2) is 13.8. The predicted octanol–water partition coefficient (Wildman–Crippen LogP) is 1.84. The van der Waals surface area contributed by atoms with Gasteiger partial charge >= 0.3 is 0 Å². The van der Waals surface area contributed by atoms with Crippen LogP contribution >= 0.6 is 24.0 Å². The lowest BCUT2D eigenvalue weighted by Gasteiger charge is -2.23. The zero-order valence-electron chi connectivity index (χ0n) is 14.8. The van der Waals surface area contributed by atoms with E-state index in [1.54, 1.807) is 26.1 Å². The number of halogens is 1. The number of nitrogens with zero attached hydrogens (tertiary/aromatic N) is 2. The van der Waals surface area contributed by atoms with Crippen molar-refractivity contribution in [3.63, 3.8) is 0 Å². The fourth-order valence-electron chi connectivity index (χ4n) is 2.52. The molecule has 0 aromatic heterocycles. The van der Waals surface area contributed by atoms with Gasteiger partial charge in [-0.25, -0.2) is 4.99 Å². The van der Waals surface area contributed by atoms with Gasteiger partial charge in [-0.2, -0.15) is 0 Å². The number of methoxy groups -OCH3 is 1. The molecule has 6 nitrogen and oxygen atoms in total. The summed E-state index contributed by atoms with van der Waals surface area (Å²) in [5.41, 5.74) is 0. The minimum atomic E-state index is 0. The Labute approximate surface area is 157 Å². The van der Waals surface area contributed by atoms with E-state index in [9.17, 15) is 4.79 Å². The van der Waals surface area contributed by atoms with Gasteiger partial charge in [0.2, 0.25) is 5.91 Å². The van der Waals surface area contributed by atoms with Crippen molar-refractivity contribution >= 4 is 35.8 Å². The molecule has 1 rings (SSSR count). The van der Waals surface area contributed by atoms with Crippen LogP contribution in [0.3, 0.4) is 0 Å². The molecule has 23 heavy (non-hydrogen) atoms. The smallest absolute Gasteiger partial charge is 0.243 e. The first kappa shape index (κ1) is 22.4. The highest BCUT2D eigenvalue weighted by Crippen LogP contribution is 2.22. The van der Waals surface area contributed by atoms with Crippen LogP contribution < -0.4 is 10.6 Å². The Kier molecular flexibility index (Phi) is 13.5. The highest BCUT2D eigenvalue weighted by Gasteiger charge is 2.13. The Morgan fingerprint density at radius 1 is 1.22 bits per heavy atom. The molecule has 1 aliphatic carbocycles. The molecule has 0 unspecified atom stereocenters. The van der Waals surface area contributed by atoms with Gasteiger partial charge in [0, 0.05) is 40.9 Å². The van der Waals surface area contributed by atoms with Gasteiger partial charge in [0.1, 0.15) is 6.54 Å². The van der Waals surface area contributed by atoms with E-state index in [4.69, 9.17) is 4.74 Å². The molecular formula is C16H33IN4O2. The van der Waals surface area contributed by atoms with Crippen LogP contribution in [-0.2, 0) is 9.53 Å². The van der Waals surface area contributed by atoms with Crippen LogP contribution in [0.1, 0.15) is 38.5 Å². The van der Waals surface area contributed by atoms with E-state index in [1.165, 1.54) is 32.1 Å². The Bertz CT molecular complexity index is 345. The molecule has 0 heterocycles. The maximum absolute atomic E-state index is 11.7. The van der Waals surface area contributed by atoms with Gasteiger partial charge in [-0.05, 0) is 25.2 Å². The second-order valence-electron chi connectivity index (χ2n) is 6.11. The molecule has 0 aromatic carbocycles. The van der Waals surface area contributed by atoms with E-state index in [1.807, 2.05) is 0 Å². The van der Waals surface area contributed by atoms with Crippen molar-refractivity contribution in [1.82, 2.24) is 15.5 Å². The van der Waals surface area contributed by atoms with Crippen molar-refractivity contribution in [3.8, 4) is 0 Å². The van der Waals surface area contributed by atoms with Gasteiger partial charge in [0.05, 0.1) is 0 Å². The Hall–Kier alpha value is -0.570. The summed E-state index contributed by atoms with van der Waals surface area (Å²) < 4.78 is 5.05. The second-order valence-corrected chi connectivity index (χ2v) is 6.11. The van der Waals surface area contributed by atoms with E-state index >= 15 is 0 Å². The van der Waals surface area contributed by atoms with Crippen molar-refractivity contribution in [3.05, 3.63) is 0 Å². The van der Waals surface area contributed by atoms with Crippen molar-refractivity contribution in [2.75, 3.05) is 47.4 Å². The predicted molar refractivity (Wildman–Crippen MR) is 105 cm³/mol. The monoisotopic (exact) mass is 440 g/mol. The Morgan fingerprint density at radius 2 is 1.91 bits per heavy atom. The molecule has 0 atom stereocenters. The van der Waals surface area contributed by atoms with E-state index in [-0.39, 0.29) is 36.4 Å². The fourth-order valence-corrected chi connectivity index (χ4v) is 2.52. The number of amides is 1. The molecule has 0 bridgehead atoms. The van der Waals surface area contributed by atoms with Crippen LogP contribution in [0.5, 0.6) is 0 Å². The largest absolute Gasteiger partial charge is 0.385 e. The third kappa shape index (κ3) is 10.8. The number of rotatable bonds is 8. The number of likely N-dealkylation sites (N-methyl/N-ethyl adjacent to an activating group) is 1. The van der Waals surface area contributed by atoms with E-state index in [0.717, 1.165) is 38.0 Å². The molecule has 0 aromatic rings. The molecule has 1 amide bonds. The summed E-state index contributed by atoms with van der Waals surface area (Å²) >= 11 is 0. The summed E-state index contributed by atoms with van der Waals surface area (Å²) in [5, 5.41) is 6.66. The van der Waals surface area contributed by atoms with Gasteiger partial charge in [0.15, 0.2) is 5.96 Å². The minimum absolute atomic E-state index is 0. The molecule has 1 aliphatic rings. The van der Waals surface area contributed by atoms with Crippen molar-refractivity contribution in [1.29, 1.82) is 0 Å². The number of carbonyl (C=O) groups is 1. The highest BCUT2D eigenvalue weighted by molar-refractivity contribution is 14.0.